The van der Waals surface area contributed by atoms with Crippen molar-refractivity contribution in [3.63, 3.8) is 0 Å². The fourth-order valence-corrected chi connectivity index (χ4v) is 5.92. The lowest BCUT2D eigenvalue weighted by Gasteiger charge is -2.24. The first-order chi connectivity index (χ1) is 20.7. The monoisotopic (exact) mass is 592 g/mol. The number of aliphatic hydroxyl groups excluding tert-OH is 1. The van der Waals surface area contributed by atoms with E-state index >= 15 is 0 Å². The Morgan fingerprint density at radius 1 is 0.814 bits per heavy atom. The van der Waals surface area contributed by atoms with Crippen LogP contribution >= 0.6 is 0 Å². The van der Waals surface area contributed by atoms with Crippen LogP contribution in [0.15, 0.2) is 54.6 Å². The predicted octanol–water partition coefficient (Wildman–Crippen LogP) is 6.29. The molecule has 1 saturated heterocycles. The summed E-state index contributed by atoms with van der Waals surface area (Å²) >= 11 is 0. The van der Waals surface area contributed by atoms with Crippen molar-refractivity contribution in [1.82, 2.24) is 0 Å². The highest BCUT2D eigenvalue weighted by atomic mass is 16.7. The normalized spacial score (nSPS) is 22.9. The average molecular weight is 593 g/mol. The highest BCUT2D eigenvalue weighted by molar-refractivity contribution is 5.74. The number of hydrogen-bond acceptors (Lipinski definition) is 9. The van der Waals surface area contributed by atoms with E-state index in [2.05, 4.69) is 19.9 Å². The molecule has 0 amide bonds. The number of aliphatic hydroxyl groups is 1. The van der Waals surface area contributed by atoms with Gasteiger partial charge in [-0.1, -0.05) is 45.0 Å². The zero-order valence-corrected chi connectivity index (χ0v) is 25.7. The first kappa shape index (κ1) is 30.5. The van der Waals surface area contributed by atoms with Crippen molar-refractivity contribution in [2.45, 2.75) is 58.0 Å². The number of esters is 1. The molecule has 0 unspecified atom stereocenters. The number of fused-ring (bicyclic) bond motifs is 1. The summed E-state index contributed by atoms with van der Waals surface area (Å²) in [5, 5.41) is 11.2. The van der Waals surface area contributed by atoms with Crippen molar-refractivity contribution in [3.8, 4) is 28.7 Å². The van der Waals surface area contributed by atoms with E-state index in [9.17, 15) is 9.90 Å². The molecular weight excluding hydrogens is 552 g/mol. The third kappa shape index (κ3) is 5.96. The molecule has 0 bridgehead atoms. The summed E-state index contributed by atoms with van der Waals surface area (Å²) in [6.45, 7) is 8.16. The number of carbonyl (C=O) groups excluding carboxylic acids is 1. The predicted molar refractivity (Wildman–Crippen MR) is 159 cm³/mol. The van der Waals surface area contributed by atoms with Crippen LogP contribution in [0.4, 0.5) is 0 Å². The third-order valence-electron chi connectivity index (χ3n) is 8.72. The second kappa shape index (κ2) is 12.7. The standard InChI is InChI=1S/C34H40O9/c1-18-19(2)33(24-10-13-27(29(16-24)38-6)42-21(4)34(36)39-7)43-32(18)23-8-11-25(28(15-23)37-5)20(3)31(35)22-9-12-26-30(14-22)41-17-40-26/h8-16,18-21,31-33,35H,17H2,1-7H3/t18-,19-,20-,21-,31-,32+,33+/m1/s1. The minimum atomic E-state index is -0.769. The number of benzene rings is 3. The first-order valence-electron chi connectivity index (χ1n) is 14.5. The Morgan fingerprint density at radius 3 is 2.09 bits per heavy atom. The van der Waals surface area contributed by atoms with Crippen LogP contribution in [0.25, 0.3) is 0 Å². The van der Waals surface area contributed by atoms with Crippen LogP contribution in [0, 0.1) is 11.8 Å². The fourth-order valence-electron chi connectivity index (χ4n) is 5.92. The van der Waals surface area contributed by atoms with Crippen molar-refractivity contribution in [1.29, 1.82) is 0 Å². The average Bonchev–Trinajstić information content (AvgIpc) is 3.63. The van der Waals surface area contributed by atoms with Gasteiger partial charge in [-0.3, -0.25) is 0 Å². The van der Waals surface area contributed by atoms with Crippen LogP contribution in [0.3, 0.4) is 0 Å². The molecule has 3 aromatic rings. The second-order valence-electron chi connectivity index (χ2n) is 11.2. The zero-order valence-electron chi connectivity index (χ0n) is 25.7. The molecule has 1 fully saturated rings. The van der Waals surface area contributed by atoms with Gasteiger partial charge in [-0.05, 0) is 71.3 Å². The molecule has 43 heavy (non-hydrogen) atoms. The molecule has 9 heteroatoms. The fraction of sp³-hybridized carbons (Fsp3) is 0.441. The van der Waals surface area contributed by atoms with Gasteiger partial charge >= 0.3 is 5.97 Å². The Hall–Kier alpha value is -3.95. The van der Waals surface area contributed by atoms with Crippen molar-refractivity contribution in [2.75, 3.05) is 28.1 Å². The third-order valence-corrected chi connectivity index (χ3v) is 8.72. The van der Waals surface area contributed by atoms with Gasteiger partial charge in [0.05, 0.1) is 39.6 Å². The number of methoxy groups -OCH3 is 3. The van der Waals surface area contributed by atoms with Gasteiger partial charge in [0.25, 0.3) is 0 Å². The van der Waals surface area contributed by atoms with E-state index in [-0.39, 0.29) is 36.8 Å². The number of carbonyl (C=O) groups is 1. The van der Waals surface area contributed by atoms with Crippen LogP contribution in [0.5, 0.6) is 28.7 Å². The van der Waals surface area contributed by atoms with Crippen LogP contribution in [0.2, 0.25) is 0 Å². The van der Waals surface area contributed by atoms with Crippen LogP contribution in [-0.2, 0) is 14.3 Å². The SMILES string of the molecule is COC(=O)[C@@H](C)Oc1ccc([C@H]2O[C@H](c3ccc([C@@H](C)[C@@H](O)c4ccc5c(c4)OCO5)c(OC)c3)[C@H](C)[C@H]2C)cc1OC. The van der Waals surface area contributed by atoms with Gasteiger partial charge < -0.3 is 38.3 Å². The summed E-state index contributed by atoms with van der Waals surface area (Å²) < 4.78 is 39.6. The molecule has 0 aliphatic carbocycles. The molecule has 2 aliphatic rings. The number of hydrogen-bond donors (Lipinski definition) is 1. The van der Waals surface area contributed by atoms with E-state index in [0.29, 0.717) is 28.7 Å². The highest BCUT2D eigenvalue weighted by Crippen LogP contribution is 2.51. The lowest BCUT2D eigenvalue weighted by molar-refractivity contribution is -0.147. The van der Waals surface area contributed by atoms with E-state index in [4.69, 9.17) is 33.2 Å². The molecule has 2 aliphatic heterocycles. The number of rotatable bonds is 10. The first-order valence-corrected chi connectivity index (χ1v) is 14.5. The lowest BCUT2D eigenvalue weighted by atomic mass is 9.84. The molecule has 9 nitrogen and oxygen atoms in total. The molecule has 5 rings (SSSR count). The Bertz CT molecular complexity index is 1450. The molecule has 0 saturated carbocycles. The molecule has 230 valence electrons. The maximum absolute atomic E-state index is 11.8. The van der Waals surface area contributed by atoms with E-state index in [1.165, 1.54) is 7.11 Å². The minimum absolute atomic E-state index is 0.168. The van der Waals surface area contributed by atoms with Crippen molar-refractivity contribution in [2.24, 2.45) is 11.8 Å². The Balaban J connectivity index is 1.35. The smallest absolute Gasteiger partial charge is 0.346 e. The van der Waals surface area contributed by atoms with Crippen molar-refractivity contribution >= 4 is 5.97 Å². The summed E-state index contributed by atoms with van der Waals surface area (Å²) in [6, 6.07) is 17.2. The number of ether oxygens (including phenoxy) is 7. The van der Waals surface area contributed by atoms with Crippen molar-refractivity contribution in [3.05, 3.63) is 76.9 Å². The molecule has 0 spiro atoms. The summed E-state index contributed by atoms with van der Waals surface area (Å²) in [4.78, 5) is 11.8. The zero-order chi connectivity index (χ0) is 30.8. The van der Waals surface area contributed by atoms with Gasteiger partial charge in [0, 0.05) is 5.92 Å². The minimum Gasteiger partial charge on any atom is -0.496 e. The lowest BCUT2D eigenvalue weighted by Crippen LogP contribution is -2.25. The Kier molecular flexibility index (Phi) is 9.03. The van der Waals surface area contributed by atoms with E-state index in [1.807, 2.05) is 49.4 Å². The van der Waals surface area contributed by atoms with E-state index in [1.54, 1.807) is 27.2 Å². The molecule has 0 radical (unpaired) electrons. The topological polar surface area (TPSA) is 102 Å². The molecule has 0 aromatic heterocycles. The van der Waals surface area contributed by atoms with Gasteiger partial charge in [-0.2, -0.15) is 0 Å². The quantitative estimate of drug-likeness (QED) is 0.272. The van der Waals surface area contributed by atoms with E-state index in [0.717, 1.165) is 22.3 Å². The molecule has 7 atom stereocenters. The van der Waals surface area contributed by atoms with Crippen LogP contribution in [0.1, 0.15) is 74.2 Å². The summed E-state index contributed by atoms with van der Waals surface area (Å²) in [6.07, 6.45) is -1.89. The molecule has 3 aromatic carbocycles. The second-order valence-corrected chi connectivity index (χ2v) is 11.2. The van der Waals surface area contributed by atoms with Crippen molar-refractivity contribution < 1.29 is 43.1 Å². The summed E-state index contributed by atoms with van der Waals surface area (Å²) in [7, 11) is 4.54. The molecule has 1 N–H and O–H groups in total. The van der Waals surface area contributed by atoms with Crippen LogP contribution in [-0.4, -0.2) is 45.3 Å². The molecule has 2 heterocycles. The molecular formula is C34H40O9. The van der Waals surface area contributed by atoms with Gasteiger partial charge in [0.2, 0.25) is 6.79 Å². The summed E-state index contributed by atoms with van der Waals surface area (Å²) in [5.74, 6) is 2.68. The maximum atomic E-state index is 11.8. The highest BCUT2D eigenvalue weighted by Gasteiger charge is 2.41. The van der Waals surface area contributed by atoms with Gasteiger partial charge in [0.1, 0.15) is 5.75 Å². The largest absolute Gasteiger partial charge is 0.496 e. The van der Waals surface area contributed by atoms with Crippen LogP contribution < -0.4 is 23.7 Å². The van der Waals surface area contributed by atoms with Gasteiger partial charge in [-0.15, -0.1) is 0 Å². The Morgan fingerprint density at radius 2 is 1.44 bits per heavy atom. The Labute approximate surface area is 252 Å². The maximum Gasteiger partial charge on any atom is 0.346 e. The summed E-state index contributed by atoms with van der Waals surface area (Å²) in [5.41, 5.74) is 3.61. The van der Waals surface area contributed by atoms with Gasteiger partial charge in [0.15, 0.2) is 29.1 Å². The van der Waals surface area contributed by atoms with Gasteiger partial charge in [-0.25, -0.2) is 4.79 Å². The van der Waals surface area contributed by atoms with E-state index < -0.39 is 18.2 Å².